The van der Waals surface area contributed by atoms with Gasteiger partial charge in [0.05, 0.1) is 13.2 Å². The molecule has 3 aromatic carbocycles. The molecule has 1 aromatic heterocycles. The zero-order valence-corrected chi connectivity index (χ0v) is 16.6. The molecular weight excluding hydrogens is 379 g/mol. The zero-order valence-electron chi connectivity index (χ0n) is 16.6. The number of methoxy groups -OCH3 is 1. The van der Waals surface area contributed by atoms with Gasteiger partial charge in [0, 0.05) is 23.5 Å². The number of ether oxygens (including phenoxy) is 1. The first-order valence-electron chi connectivity index (χ1n) is 9.85. The Kier molecular flexibility index (Phi) is 5.91. The van der Waals surface area contributed by atoms with E-state index in [-0.39, 0.29) is 17.8 Å². The second-order valence-corrected chi connectivity index (χ2v) is 7.20. The Bertz CT molecular complexity index is 1090. The fraction of sp³-hybridized carbons (Fsp3) is 0.160. The standard InChI is InChI=1S/C25H23FN2O2/c1-30-25(29)23(14-19-16-27-22-13-12-20(26)15-21(19)22)28-24(17-8-4-2-5-9-17)18-10-6-3-7-11-18/h2-13,15-16,23-24,27-28H,14H2,1H3/t23-/m1/s1. The smallest absolute Gasteiger partial charge is 0.323 e. The minimum atomic E-state index is -0.609. The normalized spacial score (nSPS) is 12.2. The van der Waals surface area contributed by atoms with E-state index in [1.807, 2.05) is 66.9 Å². The predicted molar refractivity (Wildman–Crippen MR) is 116 cm³/mol. The molecule has 30 heavy (non-hydrogen) atoms. The molecule has 0 fully saturated rings. The van der Waals surface area contributed by atoms with E-state index >= 15 is 0 Å². The highest BCUT2D eigenvalue weighted by Gasteiger charge is 2.26. The van der Waals surface area contributed by atoms with Crippen LogP contribution in [0.3, 0.4) is 0 Å². The van der Waals surface area contributed by atoms with Gasteiger partial charge >= 0.3 is 5.97 Å². The third-order valence-electron chi connectivity index (χ3n) is 5.27. The Morgan fingerprint density at radius 3 is 2.23 bits per heavy atom. The maximum Gasteiger partial charge on any atom is 0.323 e. The minimum absolute atomic E-state index is 0.196. The van der Waals surface area contributed by atoms with Gasteiger partial charge in [-0.1, -0.05) is 60.7 Å². The van der Waals surface area contributed by atoms with Crippen LogP contribution in [0, 0.1) is 5.82 Å². The lowest BCUT2D eigenvalue weighted by molar-refractivity contribution is -0.143. The summed E-state index contributed by atoms with van der Waals surface area (Å²) in [5, 5.41) is 4.24. The number of esters is 1. The van der Waals surface area contributed by atoms with Gasteiger partial charge in [0.25, 0.3) is 0 Å². The molecule has 0 aliphatic heterocycles. The molecule has 0 amide bonds. The molecule has 5 heteroatoms. The molecule has 0 aliphatic rings. The van der Waals surface area contributed by atoms with E-state index in [1.54, 1.807) is 6.07 Å². The van der Waals surface area contributed by atoms with Gasteiger partial charge in [-0.2, -0.15) is 0 Å². The average Bonchev–Trinajstić information content (AvgIpc) is 3.19. The van der Waals surface area contributed by atoms with E-state index in [0.29, 0.717) is 6.42 Å². The molecule has 152 valence electrons. The van der Waals surface area contributed by atoms with Crippen molar-refractivity contribution in [3.63, 3.8) is 0 Å². The summed E-state index contributed by atoms with van der Waals surface area (Å²) in [5.74, 6) is -0.671. The third-order valence-corrected chi connectivity index (χ3v) is 5.27. The highest BCUT2D eigenvalue weighted by atomic mass is 19.1. The summed E-state index contributed by atoms with van der Waals surface area (Å²) < 4.78 is 18.9. The summed E-state index contributed by atoms with van der Waals surface area (Å²) >= 11 is 0. The topological polar surface area (TPSA) is 54.1 Å². The monoisotopic (exact) mass is 402 g/mol. The number of hydrogen-bond donors (Lipinski definition) is 2. The van der Waals surface area contributed by atoms with Crippen LogP contribution in [0.25, 0.3) is 10.9 Å². The maximum absolute atomic E-state index is 13.8. The number of rotatable bonds is 7. The lowest BCUT2D eigenvalue weighted by Crippen LogP contribution is -2.42. The molecule has 4 aromatic rings. The molecule has 1 heterocycles. The molecule has 2 N–H and O–H groups in total. The second kappa shape index (κ2) is 8.93. The number of aromatic nitrogens is 1. The molecule has 0 spiro atoms. The van der Waals surface area contributed by atoms with Gasteiger partial charge in [-0.3, -0.25) is 10.1 Å². The number of fused-ring (bicyclic) bond motifs is 1. The summed E-state index contributed by atoms with van der Waals surface area (Å²) in [4.78, 5) is 15.8. The van der Waals surface area contributed by atoms with Gasteiger partial charge in [0.1, 0.15) is 11.9 Å². The van der Waals surface area contributed by atoms with Crippen LogP contribution in [-0.2, 0) is 16.0 Å². The van der Waals surface area contributed by atoms with Crippen molar-refractivity contribution in [3.05, 3.63) is 108 Å². The van der Waals surface area contributed by atoms with Crippen molar-refractivity contribution >= 4 is 16.9 Å². The average molecular weight is 402 g/mol. The number of H-pyrrole nitrogens is 1. The summed E-state index contributed by atoms with van der Waals surface area (Å²) in [6, 6.07) is 23.7. The van der Waals surface area contributed by atoms with Crippen molar-refractivity contribution in [2.75, 3.05) is 7.11 Å². The lowest BCUT2D eigenvalue weighted by Gasteiger charge is -2.25. The summed E-state index contributed by atoms with van der Waals surface area (Å²) in [6.07, 6.45) is 2.19. The molecule has 0 bridgehead atoms. The Morgan fingerprint density at radius 1 is 1.00 bits per heavy atom. The number of hydrogen-bond acceptors (Lipinski definition) is 3. The molecule has 4 rings (SSSR count). The van der Waals surface area contributed by atoms with E-state index < -0.39 is 6.04 Å². The van der Waals surface area contributed by atoms with E-state index in [1.165, 1.54) is 19.2 Å². The summed E-state index contributed by atoms with van der Waals surface area (Å²) in [5.41, 5.74) is 3.77. The van der Waals surface area contributed by atoms with Crippen molar-refractivity contribution < 1.29 is 13.9 Å². The molecule has 0 unspecified atom stereocenters. The van der Waals surface area contributed by atoms with Crippen LogP contribution in [0.4, 0.5) is 4.39 Å². The number of aromatic amines is 1. The molecule has 0 radical (unpaired) electrons. The quantitative estimate of drug-likeness (QED) is 0.438. The molecule has 4 nitrogen and oxygen atoms in total. The minimum Gasteiger partial charge on any atom is -0.468 e. The Balaban J connectivity index is 1.68. The highest BCUT2D eigenvalue weighted by Crippen LogP contribution is 2.25. The van der Waals surface area contributed by atoms with Gasteiger partial charge in [-0.15, -0.1) is 0 Å². The fourth-order valence-electron chi connectivity index (χ4n) is 3.77. The van der Waals surface area contributed by atoms with Crippen LogP contribution in [0.2, 0.25) is 0 Å². The molecule has 0 saturated heterocycles. The SMILES string of the molecule is COC(=O)[C@@H](Cc1c[nH]c2ccc(F)cc12)NC(c1ccccc1)c1ccccc1. The van der Waals surface area contributed by atoms with Crippen LogP contribution >= 0.6 is 0 Å². The number of carbonyl (C=O) groups is 1. The largest absolute Gasteiger partial charge is 0.468 e. The van der Waals surface area contributed by atoms with Gasteiger partial charge in [-0.25, -0.2) is 4.39 Å². The van der Waals surface area contributed by atoms with E-state index in [4.69, 9.17) is 4.74 Å². The van der Waals surface area contributed by atoms with Crippen molar-refractivity contribution in [1.29, 1.82) is 0 Å². The highest BCUT2D eigenvalue weighted by molar-refractivity contribution is 5.84. The number of carbonyl (C=O) groups excluding carboxylic acids is 1. The van der Waals surface area contributed by atoms with Crippen LogP contribution in [-0.4, -0.2) is 24.1 Å². The zero-order chi connectivity index (χ0) is 20.9. The summed E-state index contributed by atoms with van der Waals surface area (Å²) in [7, 11) is 1.38. The fourth-order valence-corrected chi connectivity index (χ4v) is 3.77. The molecule has 1 atom stereocenters. The molecule has 0 saturated carbocycles. The third kappa shape index (κ3) is 4.26. The van der Waals surface area contributed by atoms with Crippen molar-refractivity contribution in [2.45, 2.75) is 18.5 Å². The number of halogens is 1. The van der Waals surface area contributed by atoms with Crippen LogP contribution in [0.1, 0.15) is 22.7 Å². The first-order chi connectivity index (χ1) is 14.7. The second-order valence-electron chi connectivity index (χ2n) is 7.20. The maximum atomic E-state index is 13.8. The van der Waals surface area contributed by atoms with Gasteiger partial charge in [0.15, 0.2) is 0 Å². The first-order valence-corrected chi connectivity index (χ1v) is 9.85. The predicted octanol–water partition coefficient (Wildman–Crippen LogP) is 4.77. The van der Waals surface area contributed by atoms with Crippen molar-refractivity contribution in [2.24, 2.45) is 0 Å². The van der Waals surface area contributed by atoms with Gasteiger partial charge in [0.2, 0.25) is 0 Å². The Morgan fingerprint density at radius 2 is 1.63 bits per heavy atom. The number of benzene rings is 3. The van der Waals surface area contributed by atoms with Crippen molar-refractivity contribution in [3.8, 4) is 0 Å². The lowest BCUT2D eigenvalue weighted by atomic mass is 9.96. The van der Waals surface area contributed by atoms with E-state index in [2.05, 4.69) is 10.3 Å². The van der Waals surface area contributed by atoms with Crippen LogP contribution in [0.15, 0.2) is 85.1 Å². The molecular formula is C25H23FN2O2. The van der Waals surface area contributed by atoms with Gasteiger partial charge in [-0.05, 0) is 34.9 Å². The number of nitrogens with one attached hydrogen (secondary N) is 2. The van der Waals surface area contributed by atoms with Crippen molar-refractivity contribution in [1.82, 2.24) is 10.3 Å². The van der Waals surface area contributed by atoms with Gasteiger partial charge < -0.3 is 9.72 Å². The first kappa shape index (κ1) is 19.9. The van der Waals surface area contributed by atoms with Crippen LogP contribution < -0.4 is 5.32 Å². The summed E-state index contributed by atoms with van der Waals surface area (Å²) in [6.45, 7) is 0. The van der Waals surface area contributed by atoms with Crippen LogP contribution in [0.5, 0.6) is 0 Å². The van der Waals surface area contributed by atoms with E-state index in [9.17, 15) is 9.18 Å². The Labute approximate surface area is 174 Å². The Hall–Kier alpha value is -3.44. The molecule has 0 aliphatic carbocycles. The van der Waals surface area contributed by atoms with E-state index in [0.717, 1.165) is 27.6 Å².